The van der Waals surface area contributed by atoms with Crippen LogP contribution in [0.2, 0.25) is 0 Å². The first-order valence-corrected chi connectivity index (χ1v) is 8.14. The Morgan fingerprint density at radius 1 is 1.46 bits per heavy atom. The number of aliphatic hydroxyl groups is 1. The van der Waals surface area contributed by atoms with Crippen LogP contribution >= 0.6 is 0 Å². The van der Waals surface area contributed by atoms with Crippen LogP contribution in [0, 0.1) is 6.92 Å². The Balaban J connectivity index is 1.52. The molecule has 1 aliphatic carbocycles. The van der Waals surface area contributed by atoms with Crippen molar-refractivity contribution < 1.29 is 14.4 Å². The highest BCUT2D eigenvalue weighted by Gasteiger charge is 2.38. The van der Waals surface area contributed by atoms with E-state index in [0.29, 0.717) is 23.8 Å². The van der Waals surface area contributed by atoms with Gasteiger partial charge in [0.25, 0.3) is 0 Å². The smallest absolute Gasteiger partial charge is 0.322 e. The van der Waals surface area contributed by atoms with E-state index < -0.39 is 12.1 Å². The molecule has 3 heterocycles. The number of nitrogens with zero attached hydrogens (tertiary/aromatic N) is 4. The zero-order chi connectivity index (χ0) is 16.7. The van der Waals surface area contributed by atoms with Gasteiger partial charge >= 0.3 is 6.03 Å². The third-order valence-corrected chi connectivity index (χ3v) is 4.54. The fraction of sp³-hybridized carbons (Fsp3) is 0.500. The van der Waals surface area contributed by atoms with Crippen molar-refractivity contribution in [2.45, 2.75) is 44.8 Å². The molecule has 2 N–H and O–H groups in total. The van der Waals surface area contributed by atoms with Crippen LogP contribution < -0.4 is 5.32 Å². The molecule has 2 aliphatic rings. The third-order valence-electron chi connectivity index (χ3n) is 4.54. The minimum absolute atomic E-state index is 0.232. The van der Waals surface area contributed by atoms with Gasteiger partial charge in [-0.2, -0.15) is 4.98 Å². The Bertz CT molecular complexity index is 775. The fourth-order valence-corrected chi connectivity index (χ4v) is 3.41. The van der Waals surface area contributed by atoms with Gasteiger partial charge in [0, 0.05) is 18.7 Å². The SMILES string of the molecule is Cc1noc([C@H]2C[C@@H](O)CN2C(=O)Nc2cnc3c(c2)CCC3)n1. The molecule has 24 heavy (non-hydrogen) atoms. The predicted octanol–water partition coefficient (Wildman–Crippen LogP) is 1.60. The maximum atomic E-state index is 12.6. The van der Waals surface area contributed by atoms with Crippen molar-refractivity contribution in [3.8, 4) is 0 Å². The lowest BCUT2D eigenvalue weighted by Gasteiger charge is -2.22. The zero-order valence-electron chi connectivity index (χ0n) is 13.4. The maximum absolute atomic E-state index is 12.6. The average Bonchev–Trinajstić information content (AvgIpc) is 3.26. The minimum atomic E-state index is -0.605. The van der Waals surface area contributed by atoms with Crippen molar-refractivity contribution in [2.24, 2.45) is 0 Å². The molecule has 2 atom stereocenters. The second-order valence-corrected chi connectivity index (χ2v) is 6.35. The number of likely N-dealkylation sites (tertiary alicyclic amines) is 1. The minimum Gasteiger partial charge on any atom is -0.391 e. The van der Waals surface area contributed by atoms with Crippen LogP contribution in [-0.4, -0.2) is 43.8 Å². The van der Waals surface area contributed by atoms with E-state index in [4.69, 9.17) is 4.52 Å². The van der Waals surface area contributed by atoms with Crippen molar-refractivity contribution in [1.29, 1.82) is 0 Å². The average molecular weight is 329 g/mol. The Morgan fingerprint density at radius 2 is 2.33 bits per heavy atom. The molecule has 2 aromatic heterocycles. The summed E-state index contributed by atoms with van der Waals surface area (Å²) in [6, 6.07) is 1.27. The number of aryl methyl sites for hydroxylation is 3. The molecule has 2 aromatic rings. The van der Waals surface area contributed by atoms with Gasteiger partial charge in [0.15, 0.2) is 5.82 Å². The number of rotatable bonds is 2. The fourth-order valence-electron chi connectivity index (χ4n) is 3.41. The second kappa shape index (κ2) is 5.86. The molecule has 0 unspecified atom stereocenters. The van der Waals surface area contributed by atoms with Gasteiger partial charge in [-0.1, -0.05) is 5.16 Å². The number of aromatic nitrogens is 3. The van der Waals surface area contributed by atoms with E-state index in [9.17, 15) is 9.90 Å². The summed E-state index contributed by atoms with van der Waals surface area (Å²) in [7, 11) is 0. The zero-order valence-corrected chi connectivity index (χ0v) is 13.4. The van der Waals surface area contributed by atoms with Gasteiger partial charge in [0.05, 0.1) is 18.0 Å². The lowest BCUT2D eigenvalue weighted by molar-refractivity contribution is 0.174. The van der Waals surface area contributed by atoms with Gasteiger partial charge in [-0.15, -0.1) is 0 Å². The number of anilines is 1. The van der Waals surface area contributed by atoms with Crippen LogP contribution in [0.5, 0.6) is 0 Å². The van der Waals surface area contributed by atoms with Gasteiger partial charge < -0.3 is 19.8 Å². The highest BCUT2D eigenvalue weighted by atomic mass is 16.5. The summed E-state index contributed by atoms with van der Waals surface area (Å²) in [4.78, 5) is 22.8. The van der Waals surface area contributed by atoms with Crippen LogP contribution in [0.4, 0.5) is 10.5 Å². The highest BCUT2D eigenvalue weighted by molar-refractivity contribution is 5.89. The number of nitrogens with one attached hydrogen (secondary N) is 1. The molecule has 0 bridgehead atoms. The number of fused-ring (bicyclic) bond motifs is 1. The first-order valence-electron chi connectivity index (χ1n) is 8.14. The summed E-state index contributed by atoms with van der Waals surface area (Å²) in [6.07, 6.45) is 4.57. The summed E-state index contributed by atoms with van der Waals surface area (Å²) in [6.45, 7) is 1.95. The summed E-state index contributed by atoms with van der Waals surface area (Å²) in [5.41, 5.74) is 2.98. The van der Waals surface area contributed by atoms with Crippen LogP contribution in [0.3, 0.4) is 0 Å². The monoisotopic (exact) mass is 329 g/mol. The van der Waals surface area contributed by atoms with Gasteiger partial charge in [-0.3, -0.25) is 4.98 Å². The summed E-state index contributed by atoms with van der Waals surface area (Å²) >= 11 is 0. The summed E-state index contributed by atoms with van der Waals surface area (Å²) in [5, 5.41) is 16.6. The molecule has 0 spiro atoms. The van der Waals surface area contributed by atoms with E-state index in [1.165, 1.54) is 10.5 Å². The first-order chi connectivity index (χ1) is 11.6. The molecule has 0 saturated carbocycles. The number of urea groups is 1. The van der Waals surface area contributed by atoms with Crippen molar-refractivity contribution in [1.82, 2.24) is 20.0 Å². The molecule has 8 heteroatoms. The standard InChI is InChI=1S/C16H19N5O3/c1-9-18-15(24-20-9)14-6-12(22)8-21(14)16(23)19-11-5-10-3-2-4-13(10)17-7-11/h5,7,12,14,22H,2-4,6,8H2,1H3,(H,19,23)/t12-,14-/m1/s1. The van der Waals surface area contributed by atoms with E-state index >= 15 is 0 Å². The van der Waals surface area contributed by atoms with Gasteiger partial charge in [0.1, 0.15) is 6.04 Å². The summed E-state index contributed by atoms with van der Waals surface area (Å²) in [5.74, 6) is 0.862. The third kappa shape index (κ3) is 2.73. The topological polar surface area (TPSA) is 104 Å². The lowest BCUT2D eigenvalue weighted by Crippen LogP contribution is -2.35. The molecule has 2 amide bonds. The molecule has 126 valence electrons. The molecule has 1 fully saturated rings. The molecule has 0 radical (unpaired) electrons. The van der Waals surface area contributed by atoms with Gasteiger partial charge in [0.2, 0.25) is 5.89 Å². The Hall–Kier alpha value is -2.48. The molecule has 8 nitrogen and oxygen atoms in total. The van der Waals surface area contributed by atoms with Crippen LogP contribution in [0.1, 0.15) is 41.9 Å². The number of hydrogen-bond donors (Lipinski definition) is 2. The number of β-amino-alcohol motifs (C(OH)–C–C–N with tert-alkyl or cyclic N) is 1. The van der Waals surface area contributed by atoms with Crippen molar-refractivity contribution in [2.75, 3.05) is 11.9 Å². The van der Waals surface area contributed by atoms with E-state index in [0.717, 1.165) is 25.0 Å². The van der Waals surface area contributed by atoms with E-state index in [2.05, 4.69) is 20.4 Å². The number of amides is 2. The van der Waals surface area contributed by atoms with E-state index in [1.807, 2.05) is 6.07 Å². The normalized spacial score (nSPS) is 22.7. The lowest BCUT2D eigenvalue weighted by atomic mass is 10.2. The Morgan fingerprint density at radius 3 is 3.12 bits per heavy atom. The largest absolute Gasteiger partial charge is 0.391 e. The van der Waals surface area contributed by atoms with E-state index in [1.54, 1.807) is 13.1 Å². The summed E-state index contributed by atoms with van der Waals surface area (Å²) < 4.78 is 5.18. The molecular weight excluding hydrogens is 310 g/mol. The van der Waals surface area contributed by atoms with Crippen LogP contribution in [0.25, 0.3) is 0 Å². The molecule has 1 saturated heterocycles. The predicted molar refractivity (Wildman–Crippen MR) is 84.4 cm³/mol. The van der Waals surface area contributed by atoms with Crippen molar-refractivity contribution in [3.05, 3.63) is 35.2 Å². The number of carbonyl (C=O) groups excluding carboxylic acids is 1. The number of hydrogen-bond acceptors (Lipinski definition) is 6. The maximum Gasteiger partial charge on any atom is 0.322 e. The molecular formula is C16H19N5O3. The molecule has 0 aromatic carbocycles. The molecule has 4 rings (SSSR count). The van der Waals surface area contributed by atoms with Crippen LogP contribution in [-0.2, 0) is 12.8 Å². The van der Waals surface area contributed by atoms with Crippen molar-refractivity contribution in [3.63, 3.8) is 0 Å². The molecule has 1 aliphatic heterocycles. The Labute approximate surface area is 138 Å². The first kappa shape index (κ1) is 15.1. The van der Waals surface area contributed by atoms with Gasteiger partial charge in [-0.25, -0.2) is 4.79 Å². The number of carbonyl (C=O) groups is 1. The van der Waals surface area contributed by atoms with Gasteiger partial charge in [-0.05, 0) is 37.8 Å². The quantitative estimate of drug-likeness (QED) is 0.867. The van der Waals surface area contributed by atoms with Crippen LogP contribution in [0.15, 0.2) is 16.8 Å². The Kier molecular flexibility index (Phi) is 3.68. The second-order valence-electron chi connectivity index (χ2n) is 6.35. The van der Waals surface area contributed by atoms with Crippen molar-refractivity contribution >= 4 is 11.7 Å². The number of pyridine rings is 1. The number of aliphatic hydroxyl groups excluding tert-OH is 1. The van der Waals surface area contributed by atoms with E-state index in [-0.39, 0.29) is 12.6 Å². The highest BCUT2D eigenvalue weighted by Crippen LogP contribution is 2.32.